The van der Waals surface area contributed by atoms with Crippen LogP contribution in [0.3, 0.4) is 0 Å². The molecule has 2 aromatic rings. The van der Waals surface area contributed by atoms with Crippen molar-refractivity contribution in [3.05, 3.63) is 46.7 Å². The molecule has 0 aliphatic rings. The van der Waals surface area contributed by atoms with Crippen molar-refractivity contribution in [3.63, 3.8) is 0 Å². The van der Waals surface area contributed by atoms with Gasteiger partial charge in [-0.1, -0.05) is 23.7 Å². The predicted molar refractivity (Wildman–Crippen MR) is 76.3 cm³/mol. The second-order valence-corrected chi connectivity index (χ2v) is 4.86. The lowest BCUT2D eigenvalue weighted by molar-refractivity contribution is -0.673. The largest absolute Gasteiger partial charge is 0.455 e. The summed E-state index contributed by atoms with van der Waals surface area (Å²) in [4.78, 5) is 0. The minimum absolute atomic E-state index is 0.751. The number of nitrogens with two attached hydrogens (primary N) is 1. The van der Waals surface area contributed by atoms with E-state index in [0.29, 0.717) is 0 Å². The van der Waals surface area contributed by atoms with E-state index in [1.807, 2.05) is 37.3 Å². The number of ether oxygens (including phenoxy) is 1. The average Bonchev–Trinajstić information content (AvgIpc) is 2.87. The molecule has 2 rings (SSSR count). The summed E-state index contributed by atoms with van der Waals surface area (Å²) in [6.45, 7) is 4.51. The molecular weight excluding hydrogens is 262 g/mol. The second-order valence-electron chi connectivity index (χ2n) is 4.45. The van der Waals surface area contributed by atoms with Gasteiger partial charge in [0.25, 0.3) is 0 Å². The molecule has 0 radical (unpaired) electrons. The Labute approximate surface area is 118 Å². The van der Waals surface area contributed by atoms with Crippen molar-refractivity contribution in [1.29, 1.82) is 0 Å². The van der Waals surface area contributed by atoms with E-state index in [1.165, 1.54) is 0 Å². The summed E-state index contributed by atoms with van der Waals surface area (Å²) < 4.78 is 10.9. The highest BCUT2D eigenvalue weighted by atomic mass is 35.5. The summed E-state index contributed by atoms with van der Waals surface area (Å²) in [6.07, 6.45) is 0. The van der Waals surface area contributed by atoms with E-state index in [2.05, 4.69) is 5.32 Å². The first-order valence-electron chi connectivity index (χ1n) is 6.37. The van der Waals surface area contributed by atoms with Crippen LogP contribution in [0.15, 0.2) is 34.7 Å². The van der Waals surface area contributed by atoms with E-state index in [-0.39, 0.29) is 0 Å². The zero-order valence-corrected chi connectivity index (χ0v) is 12.0. The predicted octanol–water partition coefficient (Wildman–Crippen LogP) is 2.62. The molecule has 0 fully saturated rings. The summed E-state index contributed by atoms with van der Waals surface area (Å²) in [5.74, 6) is 1.83. The summed E-state index contributed by atoms with van der Waals surface area (Å²) >= 11 is 6.13. The molecule has 1 aromatic carbocycles. The van der Waals surface area contributed by atoms with E-state index < -0.39 is 0 Å². The Morgan fingerprint density at radius 2 is 2.11 bits per heavy atom. The summed E-state index contributed by atoms with van der Waals surface area (Å²) in [5, 5.41) is 2.93. The summed E-state index contributed by atoms with van der Waals surface area (Å²) in [7, 11) is 1.71. The Hall–Kier alpha value is -1.29. The molecule has 0 spiro atoms. The fourth-order valence-electron chi connectivity index (χ4n) is 1.95. The third kappa shape index (κ3) is 3.60. The molecule has 19 heavy (non-hydrogen) atoms. The molecule has 1 heterocycles. The Bertz CT molecular complexity index is 537. The number of rotatable bonds is 6. The average molecular weight is 281 g/mol. The quantitative estimate of drug-likeness (QED) is 0.826. The smallest absolute Gasteiger partial charge is 0.158 e. The first-order valence-corrected chi connectivity index (χ1v) is 6.75. The highest BCUT2D eigenvalue weighted by Crippen LogP contribution is 2.29. The van der Waals surface area contributed by atoms with E-state index >= 15 is 0 Å². The molecule has 0 atom stereocenters. The van der Waals surface area contributed by atoms with Crippen LogP contribution >= 0.6 is 11.6 Å². The Balaban J connectivity index is 2.06. The van der Waals surface area contributed by atoms with Crippen molar-refractivity contribution in [1.82, 2.24) is 0 Å². The maximum Gasteiger partial charge on any atom is 0.158 e. The molecule has 1 aromatic heterocycles. The van der Waals surface area contributed by atoms with E-state index in [0.717, 1.165) is 47.4 Å². The molecule has 4 heteroatoms. The molecule has 0 aliphatic carbocycles. The number of hydrogen-bond acceptors (Lipinski definition) is 2. The molecule has 2 N–H and O–H groups in total. The maximum absolute atomic E-state index is 6.13. The third-order valence-electron chi connectivity index (χ3n) is 3.07. The molecule has 102 valence electrons. The Morgan fingerprint density at radius 3 is 2.89 bits per heavy atom. The lowest BCUT2D eigenvalue weighted by Crippen LogP contribution is -2.83. The van der Waals surface area contributed by atoms with Crippen LogP contribution in [0.2, 0.25) is 5.02 Å². The summed E-state index contributed by atoms with van der Waals surface area (Å²) in [6, 6.07) is 9.87. The van der Waals surface area contributed by atoms with Gasteiger partial charge in [0.2, 0.25) is 0 Å². The van der Waals surface area contributed by atoms with Crippen molar-refractivity contribution in [2.75, 3.05) is 20.3 Å². The first kappa shape index (κ1) is 14.1. The van der Waals surface area contributed by atoms with Crippen molar-refractivity contribution in [3.8, 4) is 11.3 Å². The van der Waals surface area contributed by atoms with Crippen molar-refractivity contribution in [2.45, 2.75) is 13.5 Å². The molecule has 0 saturated carbocycles. The van der Waals surface area contributed by atoms with Crippen molar-refractivity contribution >= 4 is 11.6 Å². The highest BCUT2D eigenvalue weighted by molar-refractivity contribution is 6.31. The van der Waals surface area contributed by atoms with E-state index in [1.54, 1.807) is 7.11 Å². The second kappa shape index (κ2) is 6.75. The maximum atomic E-state index is 6.13. The molecule has 0 aliphatic heterocycles. The van der Waals surface area contributed by atoms with Crippen LogP contribution < -0.4 is 5.32 Å². The Kier molecular flexibility index (Phi) is 5.02. The fraction of sp³-hybridized carbons (Fsp3) is 0.333. The SMILES string of the molecule is COCC[NH2+]Cc1ccc(-c2cccc(Cl)c2C)o1. The van der Waals surface area contributed by atoms with Crippen LogP contribution in [0.1, 0.15) is 11.3 Å². The normalized spacial score (nSPS) is 10.9. The topological polar surface area (TPSA) is 39.0 Å². The van der Waals surface area contributed by atoms with E-state index in [9.17, 15) is 0 Å². The number of quaternary nitrogens is 1. The number of benzene rings is 1. The Morgan fingerprint density at radius 1 is 1.26 bits per heavy atom. The lowest BCUT2D eigenvalue weighted by atomic mass is 10.1. The van der Waals surface area contributed by atoms with Crippen LogP contribution in [0.4, 0.5) is 0 Å². The molecule has 0 bridgehead atoms. The van der Waals surface area contributed by atoms with Crippen LogP contribution in [0, 0.1) is 6.92 Å². The van der Waals surface area contributed by atoms with Gasteiger partial charge in [-0.3, -0.25) is 0 Å². The lowest BCUT2D eigenvalue weighted by Gasteiger charge is -2.04. The van der Waals surface area contributed by atoms with Gasteiger partial charge in [-0.05, 0) is 30.7 Å². The van der Waals surface area contributed by atoms with Gasteiger partial charge in [-0.25, -0.2) is 0 Å². The molecule has 0 unspecified atom stereocenters. The van der Waals surface area contributed by atoms with Crippen molar-refractivity contribution < 1.29 is 14.5 Å². The van der Waals surface area contributed by atoms with Crippen LogP contribution in [-0.2, 0) is 11.3 Å². The van der Waals surface area contributed by atoms with Gasteiger partial charge in [0.15, 0.2) is 5.76 Å². The third-order valence-corrected chi connectivity index (χ3v) is 3.48. The number of furan rings is 1. The molecule has 3 nitrogen and oxygen atoms in total. The fourth-order valence-corrected chi connectivity index (χ4v) is 2.13. The van der Waals surface area contributed by atoms with Gasteiger partial charge < -0.3 is 14.5 Å². The van der Waals surface area contributed by atoms with Gasteiger partial charge in [0.1, 0.15) is 12.3 Å². The van der Waals surface area contributed by atoms with Gasteiger partial charge in [-0.2, -0.15) is 0 Å². The molecule has 0 amide bonds. The number of halogens is 1. The minimum Gasteiger partial charge on any atom is -0.455 e. The zero-order valence-electron chi connectivity index (χ0n) is 11.3. The van der Waals surface area contributed by atoms with Crippen LogP contribution in [-0.4, -0.2) is 20.3 Å². The van der Waals surface area contributed by atoms with Crippen LogP contribution in [0.5, 0.6) is 0 Å². The first-order chi connectivity index (χ1) is 9.22. The van der Waals surface area contributed by atoms with Gasteiger partial charge in [0.05, 0.1) is 13.2 Å². The van der Waals surface area contributed by atoms with Gasteiger partial charge in [0, 0.05) is 17.7 Å². The van der Waals surface area contributed by atoms with Crippen LogP contribution in [0.25, 0.3) is 11.3 Å². The van der Waals surface area contributed by atoms with Crippen molar-refractivity contribution in [2.24, 2.45) is 0 Å². The van der Waals surface area contributed by atoms with E-state index in [4.69, 9.17) is 20.8 Å². The number of hydrogen-bond donors (Lipinski definition) is 1. The minimum atomic E-state index is 0.751. The highest BCUT2D eigenvalue weighted by Gasteiger charge is 2.09. The molecule has 0 saturated heterocycles. The summed E-state index contributed by atoms with van der Waals surface area (Å²) in [5.41, 5.74) is 2.10. The van der Waals surface area contributed by atoms with Gasteiger partial charge in [-0.15, -0.1) is 0 Å². The zero-order chi connectivity index (χ0) is 13.7. The molecular formula is C15H19ClNO2+. The number of methoxy groups -OCH3 is 1. The standard InChI is InChI=1S/C15H18ClNO2/c1-11-13(4-3-5-14(11)16)15-7-6-12(19-15)10-17-8-9-18-2/h3-7,17H,8-10H2,1-2H3/p+1. The van der Waals surface area contributed by atoms with Gasteiger partial charge >= 0.3 is 0 Å². The monoisotopic (exact) mass is 280 g/mol.